The summed E-state index contributed by atoms with van der Waals surface area (Å²) in [6, 6.07) is 18.2. The number of ether oxygens (including phenoxy) is 1. The van der Waals surface area contributed by atoms with Crippen LogP contribution in [0.3, 0.4) is 0 Å². The van der Waals surface area contributed by atoms with Crippen molar-refractivity contribution < 1.29 is 9.53 Å². The lowest BCUT2D eigenvalue weighted by atomic mass is 10.2. The van der Waals surface area contributed by atoms with Crippen LogP contribution in [0.15, 0.2) is 77.0 Å². The molecule has 2 aromatic carbocycles. The molecule has 0 aromatic heterocycles. The van der Waals surface area contributed by atoms with Crippen molar-refractivity contribution in [1.82, 2.24) is 0 Å². The van der Waals surface area contributed by atoms with Gasteiger partial charge in [-0.05, 0) is 29.8 Å². The van der Waals surface area contributed by atoms with Gasteiger partial charge in [0.15, 0.2) is 0 Å². The zero-order chi connectivity index (χ0) is 13.5. The fourth-order valence-corrected chi connectivity index (χ4v) is 2.33. The summed E-state index contributed by atoms with van der Waals surface area (Å²) in [5.41, 5.74) is 0.965. The monoisotopic (exact) mass is 286 g/mol. The van der Waals surface area contributed by atoms with Gasteiger partial charge in [0.1, 0.15) is 6.61 Å². The van der Waals surface area contributed by atoms with Crippen LogP contribution < -0.4 is 0 Å². The zero-order valence-corrected chi connectivity index (χ0v) is 11.2. The van der Waals surface area contributed by atoms with Crippen molar-refractivity contribution in [2.75, 3.05) is 0 Å². The van der Waals surface area contributed by atoms with Gasteiger partial charge < -0.3 is 4.74 Å². The molecule has 0 N–H and O–H groups in total. The Hall–Kier alpha value is -2.00. The second-order valence-electron chi connectivity index (χ2n) is 3.87. The molecule has 0 aliphatic rings. The van der Waals surface area contributed by atoms with Gasteiger partial charge >= 0.3 is 5.97 Å². The lowest BCUT2D eigenvalue weighted by Gasteiger charge is -2.04. The van der Waals surface area contributed by atoms with Crippen molar-refractivity contribution in [3.8, 4) is 0 Å². The summed E-state index contributed by atoms with van der Waals surface area (Å²) in [4.78, 5) is 13.3. The molecule has 0 saturated heterocycles. The summed E-state index contributed by atoms with van der Waals surface area (Å²) >= 11 is 1.70. The molecule has 104 valence electrons. The minimum atomic E-state index is -0.400. The second-order valence-corrected chi connectivity index (χ2v) is 5.02. The predicted molar refractivity (Wildman–Crippen MR) is 83.7 cm³/mol. The number of esters is 1. The van der Waals surface area contributed by atoms with E-state index >= 15 is 0 Å². The molecule has 0 radical (unpaired) electrons. The van der Waals surface area contributed by atoms with Gasteiger partial charge in [-0.25, -0.2) is 4.79 Å². The normalized spacial score (nSPS) is 9.40. The highest BCUT2D eigenvalue weighted by molar-refractivity contribution is 7.99. The lowest BCUT2D eigenvalue weighted by Crippen LogP contribution is -1.99. The zero-order valence-electron chi connectivity index (χ0n) is 10.4. The van der Waals surface area contributed by atoms with E-state index in [4.69, 9.17) is 4.74 Å². The number of hydrogen-bond acceptors (Lipinski definition) is 3. The Morgan fingerprint density at radius 3 is 2.25 bits per heavy atom. The highest BCUT2D eigenvalue weighted by Crippen LogP contribution is 2.27. The van der Waals surface area contributed by atoms with Crippen molar-refractivity contribution in [3.05, 3.63) is 72.8 Å². The molecular formula is C17H18O2S. The Bertz CT molecular complexity index is 547. The highest BCUT2D eigenvalue weighted by atomic mass is 32.2. The largest absolute Gasteiger partial charge is 0.458 e. The molecule has 0 atom stereocenters. The van der Waals surface area contributed by atoms with Gasteiger partial charge in [0.25, 0.3) is 0 Å². The van der Waals surface area contributed by atoms with Crippen molar-refractivity contribution in [1.29, 1.82) is 0 Å². The van der Waals surface area contributed by atoms with Crippen LogP contribution in [0, 0.1) is 0 Å². The molecule has 0 aliphatic carbocycles. The first-order chi connectivity index (χ1) is 9.28. The highest BCUT2D eigenvalue weighted by Gasteiger charge is 2.00. The average molecular weight is 286 g/mol. The first-order valence-electron chi connectivity index (χ1n) is 5.89. The number of carbonyl (C=O) groups excluding carboxylic acids is 1. The molecule has 2 aromatic rings. The molecule has 0 saturated carbocycles. The van der Waals surface area contributed by atoms with Crippen molar-refractivity contribution in [2.24, 2.45) is 0 Å². The van der Waals surface area contributed by atoms with Crippen LogP contribution in [0.4, 0.5) is 0 Å². The average Bonchev–Trinajstić information content (AvgIpc) is 2.47. The van der Waals surface area contributed by atoms with E-state index in [9.17, 15) is 4.79 Å². The van der Waals surface area contributed by atoms with Gasteiger partial charge in [0.05, 0.1) is 0 Å². The molecule has 2 nitrogen and oxygen atoms in total. The summed E-state index contributed by atoms with van der Waals surface area (Å²) in [6.07, 6.45) is 1.17. The first-order valence-corrected chi connectivity index (χ1v) is 6.70. The van der Waals surface area contributed by atoms with E-state index in [0.717, 1.165) is 10.5 Å². The van der Waals surface area contributed by atoms with E-state index in [-0.39, 0.29) is 14.0 Å². The van der Waals surface area contributed by atoms with Crippen molar-refractivity contribution >= 4 is 17.7 Å². The molecular weight excluding hydrogens is 268 g/mol. The molecule has 0 amide bonds. The lowest BCUT2D eigenvalue weighted by molar-refractivity contribution is -0.138. The molecule has 2 rings (SSSR count). The molecule has 20 heavy (non-hydrogen) atoms. The van der Waals surface area contributed by atoms with Crippen molar-refractivity contribution in [2.45, 2.75) is 23.8 Å². The minimum absolute atomic E-state index is 0. The van der Waals surface area contributed by atoms with E-state index in [1.54, 1.807) is 11.8 Å². The van der Waals surface area contributed by atoms with Crippen LogP contribution >= 0.6 is 11.8 Å². The molecule has 0 unspecified atom stereocenters. The first kappa shape index (κ1) is 16.1. The van der Waals surface area contributed by atoms with E-state index in [1.165, 1.54) is 11.0 Å². The standard InChI is InChI=1S/C16H14O2S.CH4/c1-2-16(17)18-12-13-8-10-15(11-9-13)19-14-6-4-3-5-7-14;/h2-11H,1,12H2;1H4. The summed E-state index contributed by atoms with van der Waals surface area (Å²) in [5.74, 6) is -0.400. The quantitative estimate of drug-likeness (QED) is 0.588. The van der Waals surface area contributed by atoms with Gasteiger partial charge in [-0.3, -0.25) is 0 Å². The third kappa shape index (κ3) is 4.94. The fourth-order valence-electron chi connectivity index (χ4n) is 1.49. The Labute approximate surface area is 124 Å². The maximum Gasteiger partial charge on any atom is 0.330 e. The van der Waals surface area contributed by atoms with E-state index < -0.39 is 5.97 Å². The number of carbonyl (C=O) groups is 1. The van der Waals surface area contributed by atoms with Crippen LogP contribution in [-0.2, 0) is 16.1 Å². The Morgan fingerprint density at radius 1 is 1.05 bits per heavy atom. The number of benzene rings is 2. The number of rotatable bonds is 5. The SMILES string of the molecule is C.C=CC(=O)OCc1ccc(Sc2ccccc2)cc1. The molecule has 0 heterocycles. The molecule has 0 aliphatic heterocycles. The van der Waals surface area contributed by atoms with Gasteiger partial charge in [-0.2, -0.15) is 0 Å². The van der Waals surface area contributed by atoms with Gasteiger partial charge in [0, 0.05) is 15.9 Å². The summed E-state index contributed by atoms with van der Waals surface area (Å²) < 4.78 is 4.97. The molecule has 0 fully saturated rings. The molecule has 3 heteroatoms. The third-order valence-electron chi connectivity index (χ3n) is 2.45. The Morgan fingerprint density at radius 2 is 1.65 bits per heavy atom. The van der Waals surface area contributed by atoms with Gasteiger partial charge in [-0.15, -0.1) is 0 Å². The Balaban J connectivity index is 0.00000200. The second kappa shape index (κ2) is 8.23. The fraction of sp³-hybridized carbons (Fsp3) is 0.118. The smallest absolute Gasteiger partial charge is 0.330 e. The van der Waals surface area contributed by atoms with Crippen LogP contribution in [0.25, 0.3) is 0 Å². The van der Waals surface area contributed by atoms with Crippen LogP contribution in [0.2, 0.25) is 0 Å². The summed E-state index contributed by atoms with van der Waals surface area (Å²) in [6.45, 7) is 3.63. The topological polar surface area (TPSA) is 26.3 Å². The van der Waals surface area contributed by atoms with E-state index in [2.05, 4.69) is 18.7 Å². The van der Waals surface area contributed by atoms with Gasteiger partial charge in [0.2, 0.25) is 0 Å². The maximum atomic E-state index is 10.9. The van der Waals surface area contributed by atoms with Gasteiger partial charge in [-0.1, -0.05) is 56.1 Å². The molecule has 0 bridgehead atoms. The Kier molecular flexibility index (Phi) is 6.60. The number of hydrogen-bond donors (Lipinski definition) is 0. The van der Waals surface area contributed by atoms with E-state index in [0.29, 0.717) is 0 Å². The van der Waals surface area contributed by atoms with E-state index in [1.807, 2.05) is 42.5 Å². The minimum Gasteiger partial charge on any atom is -0.458 e. The van der Waals surface area contributed by atoms with Crippen molar-refractivity contribution in [3.63, 3.8) is 0 Å². The maximum absolute atomic E-state index is 10.9. The summed E-state index contributed by atoms with van der Waals surface area (Å²) in [7, 11) is 0. The molecule has 0 spiro atoms. The predicted octanol–water partition coefficient (Wildman–Crippen LogP) is 4.70. The third-order valence-corrected chi connectivity index (χ3v) is 3.47. The van der Waals surface area contributed by atoms with Crippen LogP contribution in [-0.4, -0.2) is 5.97 Å². The van der Waals surface area contributed by atoms with Crippen LogP contribution in [0.1, 0.15) is 13.0 Å². The summed E-state index contributed by atoms with van der Waals surface area (Å²) in [5, 5.41) is 0. The van der Waals surface area contributed by atoms with Crippen LogP contribution in [0.5, 0.6) is 0 Å².